The minimum Gasteiger partial charge on any atom is -0.469 e. The fraction of sp³-hybridized carbons (Fsp3) is 0.667. The van der Waals surface area contributed by atoms with Crippen LogP contribution in [0.1, 0.15) is 32.1 Å². The van der Waals surface area contributed by atoms with Crippen molar-refractivity contribution in [3.8, 4) is 0 Å². The molecule has 0 bridgehead atoms. The van der Waals surface area contributed by atoms with Crippen LogP contribution in [0.5, 0.6) is 0 Å². The van der Waals surface area contributed by atoms with Gasteiger partial charge in [-0.25, -0.2) is 0 Å². The molecule has 1 amide bonds. The molecule has 0 aliphatic carbocycles. The van der Waals surface area contributed by atoms with Crippen LogP contribution in [-0.2, 0) is 20.7 Å². The van der Waals surface area contributed by atoms with Crippen molar-refractivity contribution in [1.82, 2.24) is 9.80 Å². The first-order valence-electron chi connectivity index (χ1n) is 8.62. The summed E-state index contributed by atoms with van der Waals surface area (Å²) in [6.45, 7) is 10.2. The summed E-state index contributed by atoms with van der Waals surface area (Å²) in [5, 5.41) is 1.98. The van der Waals surface area contributed by atoms with Gasteiger partial charge in [-0.3, -0.25) is 9.59 Å². The number of hydrogen-bond donors (Lipinski definition) is 0. The van der Waals surface area contributed by atoms with Gasteiger partial charge in [0.2, 0.25) is 5.91 Å². The first kappa shape index (κ1) is 20.6. The van der Waals surface area contributed by atoms with E-state index in [-0.39, 0.29) is 17.8 Å². The van der Waals surface area contributed by atoms with Crippen molar-refractivity contribution in [2.75, 3.05) is 39.8 Å². The highest BCUT2D eigenvalue weighted by Crippen LogP contribution is 2.12. The Labute approximate surface area is 149 Å². The zero-order valence-electron chi connectivity index (χ0n) is 15.3. The van der Waals surface area contributed by atoms with Crippen LogP contribution in [0.2, 0.25) is 0 Å². The zero-order chi connectivity index (χ0) is 17.9. The molecule has 0 saturated heterocycles. The van der Waals surface area contributed by atoms with Crippen molar-refractivity contribution in [3.63, 3.8) is 0 Å². The van der Waals surface area contributed by atoms with Crippen molar-refractivity contribution >= 4 is 23.2 Å². The first-order valence-corrected chi connectivity index (χ1v) is 9.50. The number of amides is 1. The monoisotopic (exact) mass is 354 g/mol. The average molecular weight is 355 g/mol. The molecular weight excluding hydrogens is 324 g/mol. The van der Waals surface area contributed by atoms with E-state index in [0.29, 0.717) is 19.5 Å². The van der Waals surface area contributed by atoms with Gasteiger partial charge in [0.15, 0.2) is 0 Å². The molecule has 6 heteroatoms. The Bertz CT molecular complexity index is 486. The lowest BCUT2D eigenvalue weighted by Gasteiger charge is -2.26. The second-order valence-electron chi connectivity index (χ2n) is 5.90. The third-order valence-electron chi connectivity index (χ3n) is 4.15. The maximum Gasteiger partial charge on any atom is 0.310 e. The zero-order valence-corrected chi connectivity index (χ0v) is 16.1. The van der Waals surface area contributed by atoms with E-state index >= 15 is 0 Å². The molecule has 1 aromatic rings. The number of hydrogen-bond acceptors (Lipinski definition) is 5. The Kier molecular flexibility index (Phi) is 9.64. The van der Waals surface area contributed by atoms with E-state index in [1.165, 1.54) is 7.11 Å². The molecule has 0 radical (unpaired) electrons. The third kappa shape index (κ3) is 7.01. The van der Waals surface area contributed by atoms with Crippen molar-refractivity contribution in [2.24, 2.45) is 5.92 Å². The Morgan fingerprint density at radius 3 is 2.50 bits per heavy atom. The van der Waals surface area contributed by atoms with Crippen LogP contribution in [0.15, 0.2) is 17.5 Å². The van der Waals surface area contributed by atoms with E-state index in [0.717, 1.165) is 30.9 Å². The van der Waals surface area contributed by atoms with Crippen LogP contribution < -0.4 is 0 Å². The lowest BCUT2D eigenvalue weighted by molar-refractivity contribution is -0.146. The Balaban J connectivity index is 2.63. The molecule has 0 aliphatic heterocycles. The molecule has 5 nitrogen and oxygen atoms in total. The van der Waals surface area contributed by atoms with E-state index in [1.54, 1.807) is 11.3 Å². The summed E-state index contributed by atoms with van der Waals surface area (Å²) in [4.78, 5) is 29.5. The third-order valence-corrected chi connectivity index (χ3v) is 5.03. The Morgan fingerprint density at radius 2 is 1.96 bits per heavy atom. The molecule has 0 saturated carbocycles. The number of rotatable bonds is 11. The summed E-state index contributed by atoms with van der Waals surface area (Å²) in [6.07, 6.45) is 1.31. The minimum atomic E-state index is -0.310. The van der Waals surface area contributed by atoms with Crippen LogP contribution in [0.4, 0.5) is 0 Å². The quantitative estimate of drug-likeness (QED) is 0.573. The molecule has 0 aromatic carbocycles. The van der Waals surface area contributed by atoms with Gasteiger partial charge in [0.05, 0.1) is 19.4 Å². The number of carbonyl (C=O) groups excluding carboxylic acids is 2. The topological polar surface area (TPSA) is 49.9 Å². The van der Waals surface area contributed by atoms with E-state index in [9.17, 15) is 9.59 Å². The molecule has 24 heavy (non-hydrogen) atoms. The first-order chi connectivity index (χ1) is 11.5. The van der Waals surface area contributed by atoms with Crippen molar-refractivity contribution in [1.29, 1.82) is 0 Å². The molecule has 0 spiro atoms. The molecule has 0 aliphatic rings. The molecule has 136 valence electrons. The Hall–Kier alpha value is -1.40. The lowest BCUT2D eigenvalue weighted by Crippen LogP contribution is -2.39. The number of nitrogens with zero attached hydrogens (tertiary/aromatic N) is 2. The second kappa shape index (κ2) is 11.2. The number of ether oxygens (including phenoxy) is 1. The maximum absolute atomic E-state index is 12.6. The van der Waals surface area contributed by atoms with E-state index in [1.807, 2.05) is 29.3 Å². The number of esters is 1. The summed E-state index contributed by atoms with van der Waals surface area (Å²) in [5.74, 6) is -0.504. The smallest absolute Gasteiger partial charge is 0.310 e. The molecule has 0 fully saturated rings. The van der Waals surface area contributed by atoms with Gasteiger partial charge in [-0.05, 0) is 37.5 Å². The lowest BCUT2D eigenvalue weighted by atomic mass is 10.1. The van der Waals surface area contributed by atoms with Gasteiger partial charge in [-0.1, -0.05) is 26.8 Å². The van der Waals surface area contributed by atoms with Gasteiger partial charge in [0.25, 0.3) is 0 Å². The summed E-state index contributed by atoms with van der Waals surface area (Å²) in [7, 11) is 1.39. The van der Waals surface area contributed by atoms with E-state index in [2.05, 4.69) is 18.7 Å². The van der Waals surface area contributed by atoms with Crippen molar-refractivity contribution < 1.29 is 14.3 Å². The fourth-order valence-electron chi connectivity index (χ4n) is 2.62. The van der Waals surface area contributed by atoms with Gasteiger partial charge in [0.1, 0.15) is 0 Å². The predicted molar refractivity (Wildman–Crippen MR) is 98.2 cm³/mol. The van der Waals surface area contributed by atoms with Crippen LogP contribution in [-0.4, -0.2) is 61.5 Å². The standard InChI is InChI=1S/C18H30N2O3S/c1-5-19(6-2)10-8-11-20(14-15(3)18(22)23-4)17(21)13-16-9-7-12-24-16/h7,9,12,15H,5-6,8,10-11,13-14H2,1-4H3. The molecule has 1 aromatic heterocycles. The molecule has 1 rings (SSSR count). The normalized spacial score (nSPS) is 12.2. The average Bonchev–Trinajstić information content (AvgIpc) is 3.09. The van der Waals surface area contributed by atoms with E-state index < -0.39 is 0 Å². The molecule has 1 unspecified atom stereocenters. The second-order valence-corrected chi connectivity index (χ2v) is 6.93. The SMILES string of the molecule is CCN(CC)CCCN(CC(C)C(=O)OC)C(=O)Cc1cccs1. The van der Waals surface area contributed by atoms with Gasteiger partial charge < -0.3 is 14.5 Å². The number of carbonyl (C=O) groups is 2. The van der Waals surface area contributed by atoms with Gasteiger partial charge in [0, 0.05) is 18.0 Å². The summed E-state index contributed by atoms with van der Waals surface area (Å²) in [6, 6.07) is 3.93. The van der Waals surface area contributed by atoms with Crippen LogP contribution in [0, 0.1) is 5.92 Å². The van der Waals surface area contributed by atoms with Gasteiger partial charge in [-0.15, -0.1) is 11.3 Å². The van der Waals surface area contributed by atoms with E-state index in [4.69, 9.17) is 4.74 Å². The van der Waals surface area contributed by atoms with Crippen LogP contribution in [0.3, 0.4) is 0 Å². The minimum absolute atomic E-state index is 0.0766. The summed E-state index contributed by atoms with van der Waals surface area (Å²) in [5.41, 5.74) is 0. The fourth-order valence-corrected chi connectivity index (χ4v) is 3.32. The molecular formula is C18H30N2O3S. The predicted octanol–water partition coefficient (Wildman–Crippen LogP) is 2.66. The molecule has 1 atom stereocenters. The summed E-state index contributed by atoms with van der Waals surface area (Å²) >= 11 is 1.59. The van der Waals surface area contributed by atoms with Gasteiger partial charge in [-0.2, -0.15) is 0 Å². The maximum atomic E-state index is 12.6. The highest BCUT2D eigenvalue weighted by atomic mass is 32.1. The number of methoxy groups -OCH3 is 1. The van der Waals surface area contributed by atoms with Crippen molar-refractivity contribution in [3.05, 3.63) is 22.4 Å². The highest BCUT2D eigenvalue weighted by molar-refractivity contribution is 7.10. The summed E-state index contributed by atoms with van der Waals surface area (Å²) < 4.78 is 4.79. The van der Waals surface area contributed by atoms with Crippen LogP contribution in [0.25, 0.3) is 0 Å². The largest absolute Gasteiger partial charge is 0.469 e. The van der Waals surface area contributed by atoms with Gasteiger partial charge >= 0.3 is 5.97 Å². The molecule has 1 heterocycles. The highest BCUT2D eigenvalue weighted by Gasteiger charge is 2.21. The van der Waals surface area contributed by atoms with Crippen LogP contribution >= 0.6 is 11.3 Å². The Morgan fingerprint density at radius 1 is 1.25 bits per heavy atom. The van der Waals surface area contributed by atoms with Crippen molar-refractivity contribution in [2.45, 2.75) is 33.6 Å². The number of thiophene rings is 1. The molecule has 0 N–H and O–H groups in total.